The molecule has 1 aliphatic rings. The highest BCUT2D eigenvalue weighted by Gasteiger charge is 2.51. The van der Waals surface area contributed by atoms with Crippen molar-refractivity contribution in [2.24, 2.45) is 0 Å². The quantitative estimate of drug-likeness (QED) is 0.132. The Balaban J connectivity index is 1.65. The number of hydrogen-bond acceptors (Lipinski definition) is 7. The van der Waals surface area contributed by atoms with E-state index in [9.17, 15) is 4.79 Å². The van der Waals surface area contributed by atoms with Crippen LogP contribution >= 0.6 is 34.8 Å². The van der Waals surface area contributed by atoms with Crippen LogP contribution in [0.25, 0.3) is 0 Å². The minimum atomic E-state index is -2.15. The standard InChI is InChI=1S/C29H28Cl3NO6/c1-19-23(35-17-20-11-5-2-6-12-20)24(36-18-21-13-7-3-8-14-21)25(27(37-19)39-28(33)29(30,31)32)38-26(34)22-15-9-4-10-16-22/h2-16,19,23-25,27,33H,17-18H2,1H3/t19-,23-,24+,25+,27-/m0/s1. The molecule has 4 rings (SSSR count). The average molecular weight is 593 g/mol. The second kappa shape index (κ2) is 13.6. The number of benzene rings is 3. The monoisotopic (exact) mass is 591 g/mol. The van der Waals surface area contributed by atoms with Crippen molar-refractivity contribution in [3.63, 3.8) is 0 Å². The van der Waals surface area contributed by atoms with Crippen molar-refractivity contribution in [1.82, 2.24) is 0 Å². The number of esters is 1. The molecule has 3 aromatic carbocycles. The number of ether oxygens (including phenoxy) is 5. The summed E-state index contributed by atoms with van der Waals surface area (Å²) >= 11 is 17.6. The van der Waals surface area contributed by atoms with Gasteiger partial charge in [0.2, 0.25) is 12.2 Å². The van der Waals surface area contributed by atoms with Crippen LogP contribution in [-0.4, -0.2) is 46.4 Å². The van der Waals surface area contributed by atoms with E-state index in [0.29, 0.717) is 5.56 Å². The third-order valence-electron chi connectivity index (χ3n) is 6.04. The predicted octanol–water partition coefficient (Wildman–Crippen LogP) is 6.49. The smallest absolute Gasteiger partial charge is 0.338 e. The molecule has 206 valence electrons. The summed E-state index contributed by atoms with van der Waals surface area (Å²) in [4.78, 5) is 13.2. The van der Waals surface area contributed by atoms with Crippen LogP contribution in [-0.2, 0) is 36.9 Å². The summed E-state index contributed by atoms with van der Waals surface area (Å²) in [7, 11) is 0. The molecule has 7 nitrogen and oxygen atoms in total. The first-order valence-electron chi connectivity index (χ1n) is 12.3. The fraction of sp³-hybridized carbons (Fsp3) is 0.310. The van der Waals surface area contributed by atoms with Crippen LogP contribution in [0.3, 0.4) is 0 Å². The van der Waals surface area contributed by atoms with Gasteiger partial charge in [0.15, 0.2) is 6.10 Å². The average Bonchev–Trinajstić information content (AvgIpc) is 2.94. The van der Waals surface area contributed by atoms with E-state index in [-0.39, 0.29) is 13.2 Å². The molecule has 0 amide bonds. The summed E-state index contributed by atoms with van der Waals surface area (Å²) in [5, 5.41) is 8.11. The van der Waals surface area contributed by atoms with Gasteiger partial charge in [-0.05, 0) is 30.2 Å². The summed E-state index contributed by atoms with van der Waals surface area (Å²) in [5.74, 6) is -1.32. The number of hydrogen-bond donors (Lipinski definition) is 1. The molecule has 0 bridgehead atoms. The Labute approximate surface area is 242 Å². The van der Waals surface area contributed by atoms with Gasteiger partial charge < -0.3 is 23.7 Å². The van der Waals surface area contributed by atoms with E-state index in [1.165, 1.54) is 0 Å². The largest absolute Gasteiger partial charge is 0.449 e. The minimum absolute atomic E-state index is 0.192. The van der Waals surface area contributed by atoms with Crippen molar-refractivity contribution < 1.29 is 28.5 Å². The fourth-order valence-electron chi connectivity index (χ4n) is 4.10. The van der Waals surface area contributed by atoms with Crippen LogP contribution in [0.15, 0.2) is 91.0 Å². The Kier molecular flexibility index (Phi) is 10.2. The van der Waals surface area contributed by atoms with E-state index in [0.717, 1.165) is 11.1 Å². The number of carbonyl (C=O) groups excluding carboxylic acids is 1. The topological polar surface area (TPSA) is 87.1 Å². The Morgan fingerprint density at radius 1 is 0.769 bits per heavy atom. The maximum absolute atomic E-state index is 13.2. The lowest BCUT2D eigenvalue weighted by Gasteiger charge is -2.44. The number of carbonyl (C=O) groups is 1. The molecule has 0 spiro atoms. The summed E-state index contributed by atoms with van der Waals surface area (Å²) in [5.41, 5.74) is 2.16. The molecule has 1 saturated heterocycles. The lowest BCUT2D eigenvalue weighted by Crippen LogP contribution is -2.61. The van der Waals surface area contributed by atoms with Crippen LogP contribution in [0.2, 0.25) is 0 Å². The maximum Gasteiger partial charge on any atom is 0.338 e. The molecule has 1 heterocycles. The SMILES string of the molecule is C[C@@H]1O[C@@H](OC(=N)C(Cl)(Cl)Cl)[C@H](OC(=O)c2ccccc2)[C@H](OCc2ccccc2)[C@H]1OCc1ccccc1. The third kappa shape index (κ3) is 8.18. The molecule has 0 aliphatic carbocycles. The van der Waals surface area contributed by atoms with Gasteiger partial charge in [-0.2, -0.15) is 0 Å². The van der Waals surface area contributed by atoms with E-state index in [4.69, 9.17) is 63.9 Å². The van der Waals surface area contributed by atoms with Crippen molar-refractivity contribution in [1.29, 1.82) is 5.41 Å². The summed E-state index contributed by atoms with van der Waals surface area (Å²) < 4.78 is 28.1. The van der Waals surface area contributed by atoms with Gasteiger partial charge in [-0.3, -0.25) is 5.41 Å². The molecule has 5 atom stereocenters. The fourth-order valence-corrected chi connectivity index (χ4v) is 4.23. The maximum atomic E-state index is 13.2. The highest BCUT2D eigenvalue weighted by atomic mass is 35.6. The van der Waals surface area contributed by atoms with Gasteiger partial charge in [0, 0.05) is 0 Å². The Hall–Kier alpha value is -2.65. The first kappa shape index (κ1) is 29.3. The van der Waals surface area contributed by atoms with E-state index in [1.807, 2.05) is 60.7 Å². The lowest BCUT2D eigenvalue weighted by atomic mass is 9.98. The first-order valence-corrected chi connectivity index (χ1v) is 13.4. The molecule has 1 aliphatic heterocycles. The van der Waals surface area contributed by atoms with Gasteiger partial charge in [-0.25, -0.2) is 4.79 Å². The van der Waals surface area contributed by atoms with E-state index in [2.05, 4.69) is 0 Å². The molecule has 10 heteroatoms. The van der Waals surface area contributed by atoms with Gasteiger partial charge in [0.25, 0.3) is 3.79 Å². The first-order chi connectivity index (χ1) is 18.7. The van der Waals surface area contributed by atoms with Crippen molar-refractivity contribution in [3.8, 4) is 0 Å². The van der Waals surface area contributed by atoms with Crippen LogP contribution < -0.4 is 0 Å². The van der Waals surface area contributed by atoms with E-state index < -0.39 is 46.4 Å². The molecule has 0 unspecified atom stereocenters. The second-order valence-electron chi connectivity index (χ2n) is 8.91. The van der Waals surface area contributed by atoms with Crippen molar-refractivity contribution in [3.05, 3.63) is 108 Å². The zero-order valence-electron chi connectivity index (χ0n) is 21.0. The van der Waals surface area contributed by atoms with Gasteiger partial charge >= 0.3 is 5.97 Å². The normalized spacial score (nSPS) is 23.1. The number of alkyl halides is 3. The predicted molar refractivity (Wildman–Crippen MR) is 149 cm³/mol. The molecular formula is C29H28Cl3NO6. The van der Waals surface area contributed by atoms with Crippen LogP contribution in [0.4, 0.5) is 0 Å². The van der Waals surface area contributed by atoms with Gasteiger partial charge in [-0.15, -0.1) is 0 Å². The molecular weight excluding hydrogens is 565 g/mol. The molecule has 1 fully saturated rings. The molecule has 3 aromatic rings. The number of nitrogens with one attached hydrogen (secondary N) is 1. The molecule has 0 radical (unpaired) electrons. The van der Waals surface area contributed by atoms with E-state index in [1.54, 1.807) is 37.3 Å². The Morgan fingerprint density at radius 3 is 1.77 bits per heavy atom. The van der Waals surface area contributed by atoms with Crippen molar-refractivity contribution in [2.75, 3.05) is 0 Å². The Bertz CT molecular complexity index is 1210. The van der Waals surface area contributed by atoms with Crippen molar-refractivity contribution in [2.45, 2.75) is 54.6 Å². The third-order valence-corrected chi connectivity index (χ3v) is 6.56. The van der Waals surface area contributed by atoms with Gasteiger partial charge in [-0.1, -0.05) is 114 Å². The number of rotatable bonds is 9. The summed E-state index contributed by atoms with van der Waals surface area (Å²) in [6.45, 7) is 2.23. The number of halogens is 3. The van der Waals surface area contributed by atoms with Crippen LogP contribution in [0.5, 0.6) is 0 Å². The van der Waals surface area contributed by atoms with Gasteiger partial charge in [0.05, 0.1) is 24.9 Å². The highest BCUT2D eigenvalue weighted by Crippen LogP contribution is 2.34. The lowest BCUT2D eigenvalue weighted by molar-refractivity contribution is -0.291. The molecule has 0 aromatic heterocycles. The zero-order chi connectivity index (χ0) is 27.8. The second-order valence-corrected chi connectivity index (χ2v) is 11.2. The summed E-state index contributed by atoms with van der Waals surface area (Å²) in [6, 6.07) is 27.6. The Morgan fingerprint density at radius 2 is 1.26 bits per heavy atom. The highest BCUT2D eigenvalue weighted by molar-refractivity contribution is 6.76. The van der Waals surface area contributed by atoms with Gasteiger partial charge in [0.1, 0.15) is 12.2 Å². The zero-order valence-corrected chi connectivity index (χ0v) is 23.3. The van der Waals surface area contributed by atoms with E-state index >= 15 is 0 Å². The van der Waals surface area contributed by atoms with Crippen LogP contribution in [0.1, 0.15) is 28.4 Å². The summed E-state index contributed by atoms with van der Waals surface area (Å²) in [6.07, 6.45) is -4.63. The minimum Gasteiger partial charge on any atom is -0.449 e. The molecule has 1 N–H and O–H groups in total. The molecule has 0 saturated carbocycles. The van der Waals surface area contributed by atoms with Crippen molar-refractivity contribution >= 4 is 46.7 Å². The molecule has 39 heavy (non-hydrogen) atoms. The van der Waals surface area contributed by atoms with Crippen LogP contribution in [0, 0.1) is 5.41 Å².